The predicted octanol–water partition coefficient (Wildman–Crippen LogP) is 6.07. The molecule has 3 atom stereocenters. The van der Waals surface area contributed by atoms with E-state index in [1.807, 2.05) is 37.3 Å². The van der Waals surface area contributed by atoms with E-state index in [0.717, 1.165) is 41.5 Å². The number of nitrogen functional groups attached to an aromatic ring is 1. The standard InChI is InChI=1S/C30H40N5O5P/c1-6-7-17-26-33-27-28(24-15-11-12-16-25(24)32-29(27)31)35(26)18-21(4)38-19-41(37,40-23-13-9-8-10-14-23)34-22(5)30(36)39-20(2)3/h8-16,20-22H,6-7,17-19H2,1-5H3,(H2,31,32)(H,34,37). The lowest BCUT2D eigenvalue weighted by atomic mass is 10.2. The van der Waals surface area contributed by atoms with Crippen LogP contribution in [-0.2, 0) is 31.8 Å². The molecule has 4 rings (SSSR count). The normalized spacial score (nSPS) is 14.7. The van der Waals surface area contributed by atoms with Crippen molar-refractivity contribution in [3.63, 3.8) is 0 Å². The van der Waals surface area contributed by atoms with Gasteiger partial charge in [-0.05, 0) is 52.3 Å². The molecule has 0 spiro atoms. The van der Waals surface area contributed by atoms with E-state index in [1.165, 1.54) is 0 Å². The van der Waals surface area contributed by atoms with Gasteiger partial charge < -0.3 is 24.3 Å². The molecule has 0 aliphatic heterocycles. The second-order valence-electron chi connectivity index (χ2n) is 10.5. The van der Waals surface area contributed by atoms with Gasteiger partial charge in [-0.15, -0.1) is 0 Å². The van der Waals surface area contributed by atoms with Crippen LogP contribution < -0.4 is 15.3 Å². The van der Waals surface area contributed by atoms with E-state index in [0.29, 0.717) is 23.6 Å². The van der Waals surface area contributed by atoms with Crippen molar-refractivity contribution >= 4 is 41.2 Å². The van der Waals surface area contributed by atoms with Crippen molar-refractivity contribution in [3.05, 3.63) is 60.4 Å². The minimum atomic E-state index is -3.69. The summed E-state index contributed by atoms with van der Waals surface area (Å²) in [5, 5.41) is 3.81. The highest BCUT2D eigenvalue weighted by atomic mass is 31.2. The smallest absolute Gasteiger partial charge is 0.342 e. The van der Waals surface area contributed by atoms with Crippen LogP contribution in [-0.4, -0.2) is 45.1 Å². The van der Waals surface area contributed by atoms with Crippen molar-refractivity contribution < 1.29 is 23.4 Å². The number of nitrogens with one attached hydrogen (secondary N) is 1. The van der Waals surface area contributed by atoms with Crippen LogP contribution in [0.25, 0.3) is 21.9 Å². The number of nitrogens with zero attached hydrogens (tertiary/aromatic N) is 3. The Morgan fingerprint density at radius 3 is 2.46 bits per heavy atom. The molecule has 220 valence electrons. The van der Waals surface area contributed by atoms with Crippen molar-refractivity contribution in [1.82, 2.24) is 19.6 Å². The average molecular weight is 582 g/mol. The largest absolute Gasteiger partial charge is 0.462 e. The Balaban J connectivity index is 1.59. The number of benzene rings is 2. The van der Waals surface area contributed by atoms with Gasteiger partial charge in [-0.2, -0.15) is 0 Å². The highest BCUT2D eigenvalue weighted by molar-refractivity contribution is 7.57. The lowest BCUT2D eigenvalue weighted by molar-refractivity contribution is -0.149. The summed E-state index contributed by atoms with van der Waals surface area (Å²) in [5.74, 6) is 1.17. The van der Waals surface area contributed by atoms with Crippen LogP contribution in [0.4, 0.5) is 5.82 Å². The van der Waals surface area contributed by atoms with Crippen LogP contribution in [0.5, 0.6) is 5.75 Å². The van der Waals surface area contributed by atoms with E-state index in [9.17, 15) is 9.36 Å². The zero-order chi connectivity index (χ0) is 29.6. The first-order valence-corrected chi connectivity index (χ1v) is 15.9. The number of carbonyl (C=O) groups excluding carboxylic acids is 1. The lowest BCUT2D eigenvalue weighted by Crippen LogP contribution is -2.37. The molecular formula is C30H40N5O5P. The van der Waals surface area contributed by atoms with Crippen LogP contribution >= 0.6 is 7.52 Å². The highest BCUT2D eigenvalue weighted by Gasteiger charge is 2.32. The Labute approximate surface area is 241 Å². The molecule has 3 unspecified atom stereocenters. The zero-order valence-electron chi connectivity index (χ0n) is 24.4. The number of hydrogen-bond acceptors (Lipinski definition) is 8. The van der Waals surface area contributed by atoms with E-state index in [1.54, 1.807) is 45.0 Å². The van der Waals surface area contributed by atoms with E-state index in [-0.39, 0.29) is 18.6 Å². The first-order valence-electron chi connectivity index (χ1n) is 14.1. The van der Waals surface area contributed by atoms with Crippen LogP contribution in [0.15, 0.2) is 54.6 Å². The van der Waals surface area contributed by atoms with Gasteiger partial charge in [0.2, 0.25) is 0 Å². The van der Waals surface area contributed by atoms with Gasteiger partial charge in [0.25, 0.3) is 0 Å². The number of pyridine rings is 1. The Morgan fingerprint density at radius 1 is 1.05 bits per heavy atom. The molecule has 4 aromatic rings. The summed E-state index contributed by atoms with van der Waals surface area (Å²) < 4.78 is 33.5. The molecule has 2 aromatic heterocycles. The molecule has 10 nitrogen and oxygen atoms in total. The third kappa shape index (κ3) is 7.64. The zero-order valence-corrected chi connectivity index (χ0v) is 25.3. The van der Waals surface area contributed by atoms with Gasteiger partial charge in [0.15, 0.2) is 5.82 Å². The van der Waals surface area contributed by atoms with Crippen LogP contribution in [0.2, 0.25) is 0 Å². The van der Waals surface area contributed by atoms with Crippen molar-refractivity contribution in [3.8, 4) is 5.75 Å². The lowest BCUT2D eigenvalue weighted by Gasteiger charge is -2.25. The van der Waals surface area contributed by atoms with Crippen LogP contribution in [0, 0.1) is 0 Å². The van der Waals surface area contributed by atoms with Gasteiger partial charge in [-0.3, -0.25) is 9.36 Å². The maximum absolute atomic E-state index is 14.0. The predicted molar refractivity (Wildman–Crippen MR) is 162 cm³/mol. The van der Waals surface area contributed by atoms with Crippen LogP contribution in [0.3, 0.4) is 0 Å². The highest BCUT2D eigenvalue weighted by Crippen LogP contribution is 2.44. The number of rotatable bonds is 14. The molecular weight excluding hydrogens is 541 g/mol. The number of imidazole rings is 1. The molecule has 0 radical (unpaired) electrons. The third-order valence-electron chi connectivity index (χ3n) is 6.50. The molecule has 0 saturated heterocycles. The van der Waals surface area contributed by atoms with Gasteiger partial charge in [-0.25, -0.2) is 15.1 Å². The molecule has 11 heteroatoms. The van der Waals surface area contributed by atoms with Crippen molar-refractivity contribution in [2.75, 3.05) is 12.1 Å². The quantitative estimate of drug-likeness (QED) is 0.134. The Kier molecular flexibility index (Phi) is 10.0. The summed E-state index contributed by atoms with van der Waals surface area (Å²) in [5.41, 5.74) is 8.70. The molecule has 0 fully saturated rings. The number of anilines is 1. The fourth-order valence-corrected chi connectivity index (χ4v) is 6.37. The maximum atomic E-state index is 14.0. The number of nitrogens with two attached hydrogens (primary N) is 1. The number of fused-ring (bicyclic) bond motifs is 3. The fourth-order valence-electron chi connectivity index (χ4n) is 4.59. The Morgan fingerprint density at radius 2 is 1.76 bits per heavy atom. The number of carbonyl (C=O) groups is 1. The van der Waals surface area contributed by atoms with E-state index < -0.39 is 19.5 Å². The molecule has 0 aliphatic carbocycles. The first-order chi connectivity index (χ1) is 19.6. The SMILES string of the molecule is CCCCc1nc2c(N)nc3ccccc3c2n1CC(C)OCP(=O)(NC(C)C(=O)OC(C)C)Oc1ccccc1. The minimum absolute atomic E-state index is 0.260. The molecule has 0 aliphatic rings. The van der Waals surface area contributed by atoms with Crippen molar-refractivity contribution in [2.45, 2.75) is 78.7 Å². The molecule has 2 heterocycles. The third-order valence-corrected chi connectivity index (χ3v) is 8.28. The summed E-state index contributed by atoms with van der Waals surface area (Å²) in [6.07, 6.45) is 1.82. The summed E-state index contributed by atoms with van der Waals surface area (Å²) in [6.45, 7) is 9.61. The second-order valence-corrected chi connectivity index (χ2v) is 12.5. The van der Waals surface area contributed by atoms with Gasteiger partial charge in [0, 0.05) is 11.8 Å². The summed E-state index contributed by atoms with van der Waals surface area (Å²) in [4.78, 5) is 21.9. The number of aromatic nitrogens is 3. The molecule has 41 heavy (non-hydrogen) atoms. The maximum Gasteiger partial charge on any atom is 0.342 e. The molecule has 0 amide bonds. The first kappa shape index (κ1) is 30.5. The fraction of sp³-hybridized carbons (Fsp3) is 0.433. The van der Waals surface area contributed by atoms with Crippen LogP contribution in [0.1, 0.15) is 53.3 Å². The monoisotopic (exact) mass is 581 g/mol. The molecule has 0 bridgehead atoms. The van der Waals surface area contributed by atoms with Crippen molar-refractivity contribution in [2.24, 2.45) is 0 Å². The summed E-state index contributed by atoms with van der Waals surface area (Å²) in [6, 6.07) is 15.8. The molecule has 2 aromatic carbocycles. The summed E-state index contributed by atoms with van der Waals surface area (Å²) in [7, 11) is -3.69. The van der Waals surface area contributed by atoms with E-state index in [2.05, 4.69) is 21.6 Å². The number of aryl methyl sites for hydroxylation is 1. The number of ether oxygens (including phenoxy) is 2. The number of para-hydroxylation sites is 2. The molecule has 3 N–H and O–H groups in total. The Bertz CT molecular complexity index is 1520. The molecule has 0 saturated carbocycles. The second kappa shape index (κ2) is 13.5. The topological polar surface area (TPSA) is 131 Å². The summed E-state index contributed by atoms with van der Waals surface area (Å²) >= 11 is 0. The minimum Gasteiger partial charge on any atom is -0.462 e. The van der Waals surface area contributed by atoms with Gasteiger partial charge >= 0.3 is 13.5 Å². The average Bonchev–Trinajstić information content (AvgIpc) is 3.29. The van der Waals surface area contributed by atoms with Gasteiger partial charge in [0.1, 0.15) is 29.5 Å². The number of esters is 1. The van der Waals surface area contributed by atoms with E-state index in [4.69, 9.17) is 24.7 Å². The van der Waals surface area contributed by atoms with Gasteiger partial charge in [-0.1, -0.05) is 49.7 Å². The van der Waals surface area contributed by atoms with E-state index >= 15 is 0 Å². The van der Waals surface area contributed by atoms with Crippen molar-refractivity contribution in [1.29, 1.82) is 0 Å². The van der Waals surface area contributed by atoms with Gasteiger partial charge in [0.05, 0.1) is 29.8 Å². The Hall–Kier alpha value is -3.46. The number of hydrogen-bond donors (Lipinski definition) is 2. The number of unbranched alkanes of at least 4 members (excludes halogenated alkanes) is 1.